The molecule has 4 rings (SSSR count). The zero-order chi connectivity index (χ0) is 31.4. The molecule has 6 N–H and O–H groups in total. The Morgan fingerprint density at radius 2 is 1.58 bits per heavy atom. The van der Waals surface area contributed by atoms with Gasteiger partial charge in [0.15, 0.2) is 0 Å². The minimum atomic E-state index is -1.99. The van der Waals surface area contributed by atoms with Crippen LogP contribution in [0.3, 0.4) is 0 Å². The van der Waals surface area contributed by atoms with E-state index in [1.165, 1.54) is 0 Å². The molecule has 3 heterocycles. The topological polar surface area (TPSA) is 190 Å². The van der Waals surface area contributed by atoms with Crippen LogP contribution in [0.1, 0.15) is 52.5 Å². The van der Waals surface area contributed by atoms with Gasteiger partial charge in [-0.3, -0.25) is 24.0 Å². The smallest absolute Gasteiger partial charge is 0.336 e. The Hall–Kier alpha value is -4.42. The number of carbonyl (C=O) groups excluding carboxylic acids is 5. The number of carbonyl (C=O) groups is 6. The van der Waals surface area contributed by atoms with Crippen molar-refractivity contribution in [1.82, 2.24) is 31.2 Å². The molecule has 0 bridgehead atoms. The second kappa shape index (κ2) is 13.3. The number of aromatic nitrogens is 1. The maximum Gasteiger partial charge on any atom is 0.336 e. The molecule has 43 heavy (non-hydrogen) atoms. The summed E-state index contributed by atoms with van der Waals surface area (Å²) in [5.41, 5.74) is 1.49. The number of carboxylic acid groups (broad SMARTS) is 1. The molecule has 2 aliphatic heterocycles. The third-order valence-electron chi connectivity index (χ3n) is 7.94. The first-order chi connectivity index (χ1) is 20.4. The van der Waals surface area contributed by atoms with Crippen molar-refractivity contribution in [3.8, 4) is 0 Å². The van der Waals surface area contributed by atoms with Gasteiger partial charge in [-0.25, -0.2) is 4.79 Å². The Labute approximate surface area is 249 Å². The number of nitrogens with one attached hydrogen (secondary N) is 5. The number of benzene rings is 1. The average molecular weight is 597 g/mol. The van der Waals surface area contributed by atoms with Gasteiger partial charge in [-0.2, -0.15) is 0 Å². The Morgan fingerprint density at radius 1 is 0.907 bits per heavy atom. The summed E-state index contributed by atoms with van der Waals surface area (Å²) in [6, 6.07) is 1.03. The zero-order valence-electron chi connectivity index (χ0n) is 24.8. The molecule has 1 aromatic heterocycles. The molecule has 0 radical (unpaired) electrons. The lowest BCUT2D eigenvalue weighted by Crippen LogP contribution is -2.60. The van der Waals surface area contributed by atoms with Crippen LogP contribution in [0.25, 0.3) is 10.9 Å². The summed E-state index contributed by atoms with van der Waals surface area (Å²) < 4.78 is 0. The predicted molar refractivity (Wildman–Crippen MR) is 156 cm³/mol. The number of carboxylic acids is 1. The van der Waals surface area contributed by atoms with Crippen LogP contribution >= 0.6 is 0 Å². The zero-order valence-corrected chi connectivity index (χ0v) is 24.8. The Balaban J connectivity index is 1.76. The molecule has 1 aromatic carbocycles. The summed E-state index contributed by atoms with van der Waals surface area (Å²) >= 11 is 0. The highest BCUT2D eigenvalue weighted by Gasteiger charge is 2.43. The van der Waals surface area contributed by atoms with Crippen LogP contribution in [0.15, 0.2) is 30.5 Å². The maximum atomic E-state index is 13.7. The van der Waals surface area contributed by atoms with Gasteiger partial charge in [0.1, 0.15) is 24.2 Å². The first kappa shape index (κ1) is 31.5. The third kappa shape index (κ3) is 7.15. The molecule has 0 spiro atoms. The van der Waals surface area contributed by atoms with Crippen LogP contribution in [-0.4, -0.2) is 87.2 Å². The van der Waals surface area contributed by atoms with Crippen molar-refractivity contribution in [2.24, 2.45) is 11.8 Å². The highest BCUT2D eigenvalue weighted by atomic mass is 16.4. The summed E-state index contributed by atoms with van der Waals surface area (Å²) in [6.07, 6.45) is 2.63. The van der Waals surface area contributed by atoms with Gasteiger partial charge in [-0.15, -0.1) is 0 Å². The van der Waals surface area contributed by atoms with Gasteiger partial charge in [-0.1, -0.05) is 45.9 Å². The maximum absolute atomic E-state index is 13.7. The van der Waals surface area contributed by atoms with Crippen molar-refractivity contribution < 1.29 is 33.9 Å². The quantitative estimate of drug-likeness (QED) is 0.261. The lowest BCUT2D eigenvalue weighted by atomic mass is 9.98. The van der Waals surface area contributed by atoms with Crippen LogP contribution < -0.4 is 21.3 Å². The van der Waals surface area contributed by atoms with Gasteiger partial charge in [0.2, 0.25) is 29.7 Å². The van der Waals surface area contributed by atoms with Crippen molar-refractivity contribution in [2.75, 3.05) is 6.54 Å². The van der Waals surface area contributed by atoms with E-state index in [4.69, 9.17) is 0 Å². The minimum Gasteiger partial charge on any atom is -0.479 e. The summed E-state index contributed by atoms with van der Waals surface area (Å²) in [5, 5.41) is 21.3. The molecule has 2 fully saturated rings. The van der Waals surface area contributed by atoms with Gasteiger partial charge in [-0.05, 0) is 42.7 Å². The SMILES string of the molecule is CC(C)CC1NC(=O)C(C(C)C)NC(=O)C2CCCN2C(=O)C(C(=O)O)NC(=O)C(Cc2c[nH]c3ccccc23)NC1=O. The van der Waals surface area contributed by atoms with Gasteiger partial charge in [0.25, 0.3) is 5.91 Å². The Morgan fingerprint density at radius 3 is 2.26 bits per heavy atom. The van der Waals surface area contributed by atoms with Gasteiger partial charge < -0.3 is 36.3 Å². The van der Waals surface area contributed by atoms with Crippen LogP contribution in [0.2, 0.25) is 0 Å². The molecule has 2 aliphatic rings. The van der Waals surface area contributed by atoms with Crippen molar-refractivity contribution in [3.63, 3.8) is 0 Å². The molecule has 13 nitrogen and oxygen atoms in total. The average Bonchev–Trinajstić information content (AvgIpc) is 3.60. The second-order valence-electron chi connectivity index (χ2n) is 12.0. The molecular formula is C30H40N6O7. The van der Waals surface area contributed by atoms with E-state index in [0.29, 0.717) is 12.0 Å². The van der Waals surface area contributed by atoms with Crippen molar-refractivity contribution in [2.45, 2.75) is 83.6 Å². The number of fused-ring (bicyclic) bond motifs is 2. The number of nitrogens with zero attached hydrogens (tertiary/aromatic N) is 1. The number of rotatable bonds is 6. The lowest BCUT2D eigenvalue weighted by Gasteiger charge is -2.29. The first-order valence-corrected chi connectivity index (χ1v) is 14.7. The summed E-state index contributed by atoms with van der Waals surface area (Å²) in [7, 11) is 0. The van der Waals surface area contributed by atoms with Crippen LogP contribution in [-0.2, 0) is 35.2 Å². The van der Waals surface area contributed by atoms with E-state index in [1.54, 1.807) is 20.0 Å². The monoisotopic (exact) mass is 596 g/mol. The van der Waals surface area contributed by atoms with Gasteiger partial charge in [0.05, 0.1) is 0 Å². The van der Waals surface area contributed by atoms with E-state index in [0.717, 1.165) is 15.8 Å². The Bertz CT molecular complexity index is 1400. The van der Waals surface area contributed by atoms with E-state index in [-0.39, 0.29) is 37.6 Å². The van der Waals surface area contributed by atoms with Crippen LogP contribution in [0.4, 0.5) is 0 Å². The van der Waals surface area contributed by atoms with Crippen molar-refractivity contribution in [3.05, 3.63) is 36.0 Å². The molecule has 0 aliphatic carbocycles. The predicted octanol–water partition coefficient (Wildman–Crippen LogP) is 0.441. The van der Waals surface area contributed by atoms with Gasteiger partial charge >= 0.3 is 5.97 Å². The first-order valence-electron chi connectivity index (χ1n) is 14.7. The summed E-state index contributed by atoms with van der Waals surface area (Å²) in [6.45, 7) is 7.36. The number of amides is 5. The fourth-order valence-electron chi connectivity index (χ4n) is 5.69. The van der Waals surface area contributed by atoms with E-state index >= 15 is 0 Å². The highest BCUT2D eigenvalue weighted by Crippen LogP contribution is 2.22. The Kier molecular flexibility index (Phi) is 9.72. The lowest BCUT2D eigenvalue weighted by molar-refractivity contribution is -0.152. The molecule has 5 unspecified atom stereocenters. The number of hydrogen-bond donors (Lipinski definition) is 6. The standard InChI is InChI=1S/C30H40N6O7/c1-15(2)12-20-25(37)32-21(13-17-14-31-19-9-6-5-8-18(17)19)26(38)35-24(30(42)43)29(41)36-11-7-10-22(36)27(39)34-23(16(3)4)28(40)33-20/h5-6,8-9,14-16,20-24,31H,7,10-13H2,1-4H3,(H,32,37)(H,33,40)(H,34,39)(H,35,38)(H,42,43). The molecule has 2 saturated heterocycles. The van der Waals surface area contributed by atoms with Crippen molar-refractivity contribution in [1.29, 1.82) is 0 Å². The fraction of sp³-hybridized carbons (Fsp3) is 0.533. The molecule has 0 saturated carbocycles. The van der Waals surface area contributed by atoms with E-state index < -0.39 is 65.7 Å². The second-order valence-corrected chi connectivity index (χ2v) is 12.0. The third-order valence-corrected chi connectivity index (χ3v) is 7.94. The minimum absolute atomic E-state index is 0.0211. The highest BCUT2D eigenvalue weighted by molar-refractivity contribution is 6.07. The molecule has 232 valence electrons. The molecule has 5 atom stereocenters. The van der Waals surface area contributed by atoms with E-state index in [9.17, 15) is 33.9 Å². The number of para-hydroxylation sites is 1. The van der Waals surface area contributed by atoms with Crippen molar-refractivity contribution >= 4 is 46.4 Å². The molecular weight excluding hydrogens is 556 g/mol. The van der Waals surface area contributed by atoms with E-state index in [2.05, 4.69) is 26.3 Å². The molecule has 2 aromatic rings. The fourth-order valence-corrected chi connectivity index (χ4v) is 5.69. The molecule has 5 amide bonds. The molecule has 13 heteroatoms. The van der Waals surface area contributed by atoms with Crippen LogP contribution in [0.5, 0.6) is 0 Å². The number of aliphatic carboxylic acids is 1. The summed E-state index contributed by atoms with van der Waals surface area (Å²) in [5.74, 6) is -5.64. The number of aromatic amines is 1. The normalized spacial score (nSPS) is 26.0. The van der Waals surface area contributed by atoms with Gasteiger partial charge in [0, 0.05) is 30.1 Å². The largest absolute Gasteiger partial charge is 0.479 e. The number of H-pyrrole nitrogens is 1. The van der Waals surface area contributed by atoms with E-state index in [1.807, 2.05) is 38.1 Å². The summed E-state index contributed by atoms with van der Waals surface area (Å²) in [4.78, 5) is 84.2. The van der Waals surface area contributed by atoms with Crippen LogP contribution in [0, 0.1) is 11.8 Å². The number of hydrogen-bond acceptors (Lipinski definition) is 6.